The minimum atomic E-state index is -0.543. The van der Waals surface area contributed by atoms with E-state index in [2.05, 4.69) is 10.3 Å². The Morgan fingerprint density at radius 3 is 3.05 bits per heavy atom. The van der Waals surface area contributed by atoms with E-state index < -0.39 is 5.54 Å². The molecule has 0 radical (unpaired) electrons. The standard InChI is InChI=1S/C13H14N4OS/c1-13(6-11(18)17(2)12(14)16-13)8-3-4-10-9(5-8)15-7-19-10/h3-5,7H,6H2,1-2H3,(H2,14,16)/t13-/m0/s1. The molecule has 0 bridgehead atoms. The maximum absolute atomic E-state index is 11.9. The van der Waals surface area contributed by atoms with E-state index in [0.717, 1.165) is 15.8 Å². The van der Waals surface area contributed by atoms with Crippen LogP contribution in [0.5, 0.6) is 0 Å². The lowest BCUT2D eigenvalue weighted by atomic mass is 9.86. The number of thiazole rings is 1. The summed E-state index contributed by atoms with van der Waals surface area (Å²) in [4.78, 5) is 17.6. The van der Waals surface area contributed by atoms with Crippen molar-refractivity contribution in [3.05, 3.63) is 29.3 Å². The number of hydrogen-bond acceptors (Lipinski definition) is 4. The average Bonchev–Trinajstić information content (AvgIpc) is 2.83. The van der Waals surface area contributed by atoms with E-state index in [9.17, 15) is 4.79 Å². The fraction of sp³-hybridized carbons (Fsp3) is 0.308. The van der Waals surface area contributed by atoms with Crippen LogP contribution in [0.3, 0.4) is 0 Å². The van der Waals surface area contributed by atoms with Crippen molar-refractivity contribution in [2.75, 3.05) is 7.05 Å². The van der Waals surface area contributed by atoms with Gasteiger partial charge in [0.1, 0.15) is 0 Å². The molecule has 1 aromatic heterocycles. The highest BCUT2D eigenvalue weighted by molar-refractivity contribution is 7.16. The van der Waals surface area contributed by atoms with Gasteiger partial charge in [0.15, 0.2) is 5.96 Å². The van der Waals surface area contributed by atoms with E-state index >= 15 is 0 Å². The zero-order valence-corrected chi connectivity index (χ0v) is 11.5. The zero-order valence-electron chi connectivity index (χ0n) is 10.7. The number of nitrogens with one attached hydrogen (secondary N) is 2. The second-order valence-electron chi connectivity index (χ2n) is 4.97. The molecule has 1 saturated heterocycles. The largest absolute Gasteiger partial charge is 0.346 e. The molecule has 1 aliphatic rings. The third-order valence-corrected chi connectivity index (χ3v) is 4.39. The summed E-state index contributed by atoms with van der Waals surface area (Å²) in [7, 11) is 1.61. The quantitative estimate of drug-likeness (QED) is 0.834. The van der Waals surface area contributed by atoms with Crippen LogP contribution in [-0.2, 0) is 10.3 Å². The lowest BCUT2D eigenvalue weighted by Crippen LogP contribution is -2.58. The Kier molecular flexibility index (Phi) is 2.56. The average molecular weight is 274 g/mol. The maximum atomic E-state index is 11.9. The van der Waals surface area contributed by atoms with Gasteiger partial charge in [0.2, 0.25) is 5.91 Å². The summed E-state index contributed by atoms with van der Waals surface area (Å²) in [5.74, 6) is 0.0850. The van der Waals surface area contributed by atoms with Crippen molar-refractivity contribution in [2.24, 2.45) is 0 Å². The Morgan fingerprint density at radius 1 is 1.53 bits per heavy atom. The van der Waals surface area contributed by atoms with E-state index in [-0.39, 0.29) is 11.9 Å². The van der Waals surface area contributed by atoms with Gasteiger partial charge in [-0.1, -0.05) is 6.07 Å². The number of nitrogens with zero attached hydrogens (tertiary/aromatic N) is 2. The first-order valence-electron chi connectivity index (χ1n) is 5.97. The number of carbonyl (C=O) groups excluding carboxylic acids is 1. The number of rotatable bonds is 1. The minimum Gasteiger partial charge on any atom is -0.346 e. The monoisotopic (exact) mass is 274 g/mol. The molecule has 0 unspecified atom stereocenters. The third kappa shape index (κ3) is 1.88. The van der Waals surface area contributed by atoms with Gasteiger partial charge in [-0.2, -0.15) is 0 Å². The highest BCUT2D eigenvalue weighted by Gasteiger charge is 2.37. The zero-order chi connectivity index (χ0) is 13.6. The normalized spacial score (nSPS) is 23.8. The molecule has 2 aromatic rings. The minimum absolute atomic E-state index is 0.0513. The van der Waals surface area contributed by atoms with Crippen molar-refractivity contribution in [1.82, 2.24) is 15.2 Å². The van der Waals surface area contributed by atoms with E-state index in [0.29, 0.717) is 6.42 Å². The first-order valence-corrected chi connectivity index (χ1v) is 6.84. The van der Waals surface area contributed by atoms with Crippen molar-refractivity contribution in [3.8, 4) is 0 Å². The SMILES string of the molecule is CN1C(=N)N[C@](C)(c2ccc3scnc3c2)CC1=O. The van der Waals surface area contributed by atoms with Gasteiger partial charge in [-0.15, -0.1) is 11.3 Å². The summed E-state index contributed by atoms with van der Waals surface area (Å²) in [5, 5.41) is 11.0. The molecule has 5 nitrogen and oxygen atoms in total. The summed E-state index contributed by atoms with van der Waals surface area (Å²) in [6.45, 7) is 1.94. The van der Waals surface area contributed by atoms with Crippen molar-refractivity contribution in [1.29, 1.82) is 5.41 Å². The number of amides is 1. The lowest BCUT2D eigenvalue weighted by molar-refractivity contribution is -0.129. The second kappa shape index (κ2) is 4.03. The Balaban J connectivity index is 2.04. The van der Waals surface area contributed by atoms with Crippen LogP contribution in [0.15, 0.2) is 23.7 Å². The van der Waals surface area contributed by atoms with Crippen LogP contribution < -0.4 is 5.32 Å². The van der Waals surface area contributed by atoms with Gasteiger partial charge in [0.05, 0.1) is 27.7 Å². The molecular formula is C13H14N4OS. The molecule has 1 aliphatic heterocycles. The van der Waals surface area contributed by atoms with Gasteiger partial charge in [0, 0.05) is 7.05 Å². The van der Waals surface area contributed by atoms with Crippen LogP contribution in [0.4, 0.5) is 0 Å². The molecule has 1 fully saturated rings. The van der Waals surface area contributed by atoms with Gasteiger partial charge >= 0.3 is 0 Å². The number of hydrogen-bond donors (Lipinski definition) is 2. The molecule has 0 spiro atoms. The molecular weight excluding hydrogens is 260 g/mol. The summed E-state index contributed by atoms with van der Waals surface area (Å²) in [5.41, 5.74) is 3.19. The van der Waals surface area contributed by atoms with Crippen LogP contribution in [0.2, 0.25) is 0 Å². The summed E-state index contributed by atoms with van der Waals surface area (Å²) < 4.78 is 1.13. The Hall–Kier alpha value is -1.95. The van der Waals surface area contributed by atoms with Crippen LogP contribution in [0.1, 0.15) is 18.9 Å². The first-order chi connectivity index (χ1) is 8.99. The predicted octanol–water partition coefficient (Wildman–Crippen LogP) is 1.90. The second-order valence-corrected chi connectivity index (χ2v) is 5.86. The van der Waals surface area contributed by atoms with Gasteiger partial charge in [-0.25, -0.2) is 4.98 Å². The number of aromatic nitrogens is 1. The summed E-state index contributed by atoms with van der Waals surface area (Å²) in [6, 6.07) is 6.01. The smallest absolute Gasteiger partial charge is 0.231 e. The van der Waals surface area contributed by atoms with Crippen molar-refractivity contribution < 1.29 is 4.79 Å². The third-order valence-electron chi connectivity index (χ3n) is 3.58. The Bertz CT molecular complexity index is 660. The molecule has 2 N–H and O–H groups in total. The number of carbonyl (C=O) groups is 1. The van der Waals surface area contributed by atoms with Crippen LogP contribution in [0, 0.1) is 5.41 Å². The molecule has 1 atom stereocenters. The van der Waals surface area contributed by atoms with Crippen LogP contribution in [0.25, 0.3) is 10.2 Å². The highest BCUT2D eigenvalue weighted by atomic mass is 32.1. The van der Waals surface area contributed by atoms with Crippen LogP contribution in [-0.4, -0.2) is 28.8 Å². The summed E-state index contributed by atoms with van der Waals surface area (Å²) in [6.07, 6.45) is 0.335. The van der Waals surface area contributed by atoms with Crippen molar-refractivity contribution in [3.63, 3.8) is 0 Å². The lowest BCUT2D eigenvalue weighted by Gasteiger charge is -2.39. The number of fused-ring (bicyclic) bond motifs is 1. The molecule has 2 heterocycles. The molecule has 6 heteroatoms. The molecule has 1 aromatic carbocycles. The van der Waals surface area contributed by atoms with Gasteiger partial charge in [-0.3, -0.25) is 15.1 Å². The van der Waals surface area contributed by atoms with Gasteiger partial charge < -0.3 is 5.32 Å². The van der Waals surface area contributed by atoms with E-state index in [1.807, 2.05) is 30.6 Å². The first kappa shape index (κ1) is 12.1. The van der Waals surface area contributed by atoms with Gasteiger partial charge in [-0.05, 0) is 24.6 Å². The Labute approximate surface area is 114 Å². The van der Waals surface area contributed by atoms with Crippen LogP contribution >= 0.6 is 11.3 Å². The summed E-state index contributed by atoms with van der Waals surface area (Å²) >= 11 is 1.59. The molecule has 3 rings (SSSR count). The van der Waals surface area contributed by atoms with Gasteiger partial charge in [0.25, 0.3) is 0 Å². The van der Waals surface area contributed by atoms with Crippen molar-refractivity contribution >= 4 is 33.4 Å². The number of guanidine groups is 1. The van der Waals surface area contributed by atoms with E-state index in [1.165, 1.54) is 4.90 Å². The van der Waals surface area contributed by atoms with E-state index in [4.69, 9.17) is 5.41 Å². The predicted molar refractivity (Wildman–Crippen MR) is 75.2 cm³/mol. The fourth-order valence-electron chi connectivity index (χ4n) is 2.31. The number of benzene rings is 1. The van der Waals surface area contributed by atoms with E-state index in [1.54, 1.807) is 18.4 Å². The molecule has 1 amide bonds. The molecule has 0 aliphatic carbocycles. The fourth-order valence-corrected chi connectivity index (χ4v) is 2.97. The molecule has 98 valence electrons. The molecule has 19 heavy (non-hydrogen) atoms. The van der Waals surface area contributed by atoms with Crippen molar-refractivity contribution in [2.45, 2.75) is 18.9 Å². The topological polar surface area (TPSA) is 69.1 Å². The Morgan fingerprint density at radius 2 is 2.32 bits per heavy atom. The maximum Gasteiger partial charge on any atom is 0.231 e. The molecule has 0 saturated carbocycles. The highest BCUT2D eigenvalue weighted by Crippen LogP contribution is 2.31.